The van der Waals surface area contributed by atoms with Crippen LogP contribution in [0, 0.1) is 5.82 Å². The number of carbonyl (C=O) groups is 1. The average molecular weight is 339 g/mol. The van der Waals surface area contributed by atoms with E-state index in [2.05, 4.69) is 26.0 Å². The first-order valence-electron chi connectivity index (χ1n) is 5.71. The number of hydrogen-bond acceptors (Lipinski definition) is 4. The SMILES string of the molecule is COC(=O)c1ccc(Nc2ccc(Br)c(F)c2)c(N)c1. The Kier molecular flexibility index (Phi) is 4.24. The van der Waals surface area contributed by atoms with Gasteiger partial charge < -0.3 is 15.8 Å². The number of rotatable bonds is 3. The second kappa shape index (κ2) is 5.92. The average Bonchev–Trinajstić information content (AvgIpc) is 2.44. The van der Waals surface area contributed by atoms with Crippen molar-refractivity contribution in [3.63, 3.8) is 0 Å². The lowest BCUT2D eigenvalue weighted by molar-refractivity contribution is 0.0601. The molecule has 0 aliphatic carbocycles. The predicted octanol–water partition coefficient (Wildman–Crippen LogP) is 3.70. The zero-order valence-corrected chi connectivity index (χ0v) is 12.2. The van der Waals surface area contributed by atoms with Gasteiger partial charge in [-0.2, -0.15) is 0 Å². The van der Waals surface area contributed by atoms with Crippen LogP contribution in [0.25, 0.3) is 0 Å². The molecule has 0 bridgehead atoms. The molecule has 2 aromatic rings. The van der Waals surface area contributed by atoms with E-state index in [4.69, 9.17) is 5.73 Å². The Morgan fingerprint density at radius 3 is 2.65 bits per heavy atom. The number of nitrogens with two attached hydrogens (primary N) is 1. The molecule has 0 unspecified atom stereocenters. The van der Waals surface area contributed by atoms with Crippen LogP contribution < -0.4 is 11.1 Å². The molecular formula is C14H12BrFN2O2. The Labute approximate surface area is 123 Å². The lowest BCUT2D eigenvalue weighted by Gasteiger charge is -2.11. The Morgan fingerprint density at radius 2 is 2.05 bits per heavy atom. The van der Waals surface area contributed by atoms with Gasteiger partial charge in [-0.15, -0.1) is 0 Å². The predicted molar refractivity (Wildman–Crippen MR) is 79.6 cm³/mol. The van der Waals surface area contributed by atoms with Gasteiger partial charge in [0.05, 0.1) is 28.5 Å². The van der Waals surface area contributed by atoms with Gasteiger partial charge >= 0.3 is 5.97 Å². The number of esters is 1. The minimum absolute atomic E-state index is 0.359. The molecule has 0 amide bonds. The van der Waals surface area contributed by atoms with Crippen LogP contribution in [-0.4, -0.2) is 13.1 Å². The summed E-state index contributed by atoms with van der Waals surface area (Å²) in [5.74, 6) is -0.835. The quantitative estimate of drug-likeness (QED) is 0.661. The third kappa shape index (κ3) is 3.08. The molecule has 2 aromatic carbocycles. The van der Waals surface area contributed by atoms with Gasteiger partial charge in [0.15, 0.2) is 0 Å². The molecule has 0 radical (unpaired) electrons. The van der Waals surface area contributed by atoms with Crippen molar-refractivity contribution in [1.29, 1.82) is 0 Å². The number of benzene rings is 2. The molecule has 0 aliphatic rings. The van der Waals surface area contributed by atoms with Crippen LogP contribution >= 0.6 is 15.9 Å². The largest absolute Gasteiger partial charge is 0.465 e. The minimum Gasteiger partial charge on any atom is -0.465 e. The van der Waals surface area contributed by atoms with Crippen molar-refractivity contribution >= 4 is 39.0 Å². The van der Waals surface area contributed by atoms with Gasteiger partial charge in [-0.1, -0.05) is 0 Å². The van der Waals surface area contributed by atoms with E-state index in [9.17, 15) is 9.18 Å². The van der Waals surface area contributed by atoms with Gasteiger partial charge in [0, 0.05) is 5.69 Å². The lowest BCUT2D eigenvalue weighted by Crippen LogP contribution is -2.04. The van der Waals surface area contributed by atoms with Crippen LogP contribution in [-0.2, 0) is 4.74 Å². The maximum atomic E-state index is 13.4. The zero-order chi connectivity index (χ0) is 14.7. The number of halogens is 2. The minimum atomic E-state index is -0.460. The number of ether oxygens (including phenoxy) is 1. The van der Waals surface area contributed by atoms with E-state index in [1.54, 1.807) is 24.3 Å². The van der Waals surface area contributed by atoms with Crippen molar-refractivity contribution in [3.8, 4) is 0 Å². The third-order valence-electron chi connectivity index (χ3n) is 2.67. The van der Waals surface area contributed by atoms with Crippen LogP contribution in [0.4, 0.5) is 21.5 Å². The second-order valence-corrected chi connectivity index (χ2v) is 4.90. The molecule has 0 fully saturated rings. The van der Waals surface area contributed by atoms with Crippen molar-refractivity contribution < 1.29 is 13.9 Å². The first-order valence-corrected chi connectivity index (χ1v) is 6.50. The van der Waals surface area contributed by atoms with Crippen molar-refractivity contribution in [1.82, 2.24) is 0 Å². The fourth-order valence-electron chi connectivity index (χ4n) is 1.65. The van der Waals surface area contributed by atoms with Crippen LogP contribution in [0.1, 0.15) is 10.4 Å². The summed E-state index contributed by atoms with van der Waals surface area (Å²) in [7, 11) is 1.30. The fourth-order valence-corrected chi connectivity index (χ4v) is 1.90. The molecular weight excluding hydrogens is 327 g/mol. The number of hydrogen-bond donors (Lipinski definition) is 2. The van der Waals surface area contributed by atoms with E-state index in [-0.39, 0.29) is 5.82 Å². The van der Waals surface area contributed by atoms with E-state index in [0.29, 0.717) is 27.1 Å². The van der Waals surface area contributed by atoms with Crippen molar-refractivity contribution in [2.24, 2.45) is 0 Å². The molecule has 2 rings (SSSR count). The number of nitrogens with one attached hydrogen (secondary N) is 1. The highest BCUT2D eigenvalue weighted by atomic mass is 79.9. The number of methoxy groups -OCH3 is 1. The summed E-state index contributed by atoms with van der Waals surface area (Å²) < 4.78 is 18.4. The van der Waals surface area contributed by atoms with Gasteiger partial charge in [-0.3, -0.25) is 0 Å². The summed E-state index contributed by atoms with van der Waals surface area (Å²) in [6, 6.07) is 9.37. The van der Waals surface area contributed by atoms with Crippen LogP contribution in [0.15, 0.2) is 40.9 Å². The topological polar surface area (TPSA) is 64.3 Å². The summed E-state index contributed by atoms with van der Waals surface area (Å²) in [5.41, 5.74) is 7.73. The first-order chi connectivity index (χ1) is 9.51. The maximum absolute atomic E-state index is 13.4. The molecule has 0 saturated heterocycles. The highest BCUT2D eigenvalue weighted by molar-refractivity contribution is 9.10. The molecule has 0 aromatic heterocycles. The number of carbonyl (C=O) groups excluding carboxylic acids is 1. The monoisotopic (exact) mass is 338 g/mol. The normalized spacial score (nSPS) is 10.2. The molecule has 0 atom stereocenters. The van der Waals surface area contributed by atoms with E-state index in [1.807, 2.05) is 0 Å². The zero-order valence-electron chi connectivity index (χ0n) is 10.6. The summed E-state index contributed by atoms with van der Waals surface area (Å²) in [6.45, 7) is 0. The fraction of sp³-hybridized carbons (Fsp3) is 0.0714. The maximum Gasteiger partial charge on any atom is 0.337 e. The molecule has 0 heterocycles. The van der Waals surface area contributed by atoms with E-state index in [1.165, 1.54) is 19.2 Å². The lowest BCUT2D eigenvalue weighted by atomic mass is 10.1. The van der Waals surface area contributed by atoms with Crippen molar-refractivity contribution in [3.05, 3.63) is 52.3 Å². The summed E-state index contributed by atoms with van der Waals surface area (Å²) in [6.07, 6.45) is 0. The van der Waals surface area contributed by atoms with E-state index >= 15 is 0 Å². The molecule has 6 heteroatoms. The van der Waals surface area contributed by atoms with E-state index in [0.717, 1.165) is 0 Å². The molecule has 104 valence electrons. The Bertz CT molecular complexity index is 662. The van der Waals surface area contributed by atoms with Crippen LogP contribution in [0.2, 0.25) is 0 Å². The van der Waals surface area contributed by atoms with Gasteiger partial charge in [0.2, 0.25) is 0 Å². The van der Waals surface area contributed by atoms with Gasteiger partial charge in [-0.25, -0.2) is 9.18 Å². The highest BCUT2D eigenvalue weighted by Crippen LogP contribution is 2.26. The Hall–Kier alpha value is -2.08. The van der Waals surface area contributed by atoms with Gasteiger partial charge in [-0.05, 0) is 52.3 Å². The first kappa shape index (κ1) is 14.3. The molecule has 20 heavy (non-hydrogen) atoms. The molecule has 4 nitrogen and oxygen atoms in total. The summed E-state index contributed by atoms with van der Waals surface area (Å²) >= 11 is 3.08. The molecule has 0 aliphatic heterocycles. The van der Waals surface area contributed by atoms with Gasteiger partial charge in [0.25, 0.3) is 0 Å². The smallest absolute Gasteiger partial charge is 0.337 e. The Morgan fingerprint density at radius 1 is 1.30 bits per heavy atom. The standard InChI is InChI=1S/C14H12BrFN2O2/c1-20-14(19)8-2-5-13(12(17)6-8)18-9-3-4-10(15)11(16)7-9/h2-7,18H,17H2,1H3. The molecule has 0 saturated carbocycles. The summed E-state index contributed by atoms with van der Waals surface area (Å²) in [5, 5.41) is 2.99. The molecule has 0 spiro atoms. The molecule has 3 N–H and O–H groups in total. The third-order valence-corrected chi connectivity index (χ3v) is 3.31. The van der Waals surface area contributed by atoms with Crippen molar-refractivity contribution in [2.75, 3.05) is 18.2 Å². The highest BCUT2D eigenvalue weighted by Gasteiger charge is 2.09. The van der Waals surface area contributed by atoms with Gasteiger partial charge in [0.1, 0.15) is 5.82 Å². The van der Waals surface area contributed by atoms with Crippen molar-refractivity contribution in [2.45, 2.75) is 0 Å². The van der Waals surface area contributed by atoms with E-state index < -0.39 is 5.97 Å². The van der Waals surface area contributed by atoms with Crippen LogP contribution in [0.3, 0.4) is 0 Å². The number of nitrogen functional groups attached to an aromatic ring is 1. The van der Waals surface area contributed by atoms with Crippen LogP contribution in [0.5, 0.6) is 0 Å². The summed E-state index contributed by atoms with van der Waals surface area (Å²) in [4.78, 5) is 11.4. The Balaban J connectivity index is 2.25. The second-order valence-electron chi connectivity index (χ2n) is 4.05. The number of anilines is 3.